The molecule has 2 atom stereocenters. The predicted octanol–water partition coefficient (Wildman–Crippen LogP) is 0.459. The van der Waals surface area contributed by atoms with Gasteiger partial charge in [0, 0.05) is 19.0 Å². The van der Waals surface area contributed by atoms with Gasteiger partial charge in [0.25, 0.3) is 0 Å². The maximum atomic E-state index is 12.5. The van der Waals surface area contributed by atoms with Gasteiger partial charge < -0.3 is 14.6 Å². The molecule has 23 heavy (non-hydrogen) atoms. The van der Waals surface area contributed by atoms with Gasteiger partial charge >= 0.3 is 0 Å². The molecule has 3 N–H and O–H groups in total. The molecule has 8 heteroatoms. The van der Waals surface area contributed by atoms with E-state index in [9.17, 15) is 4.79 Å². The van der Waals surface area contributed by atoms with Gasteiger partial charge in [-0.15, -0.1) is 0 Å². The third-order valence-electron chi connectivity index (χ3n) is 3.69. The Hall–Kier alpha value is -2.45. The van der Waals surface area contributed by atoms with Crippen molar-refractivity contribution in [2.24, 2.45) is 0 Å². The topological polar surface area (TPSA) is 101 Å². The minimum absolute atomic E-state index is 0.131. The number of amides is 1. The Morgan fingerprint density at radius 1 is 1.48 bits per heavy atom. The molecule has 1 aromatic carbocycles. The summed E-state index contributed by atoms with van der Waals surface area (Å²) in [5.74, 6) is 1.35. The summed E-state index contributed by atoms with van der Waals surface area (Å²) < 4.78 is 10.5. The molecule has 2 unspecified atom stereocenters. The lowest BCUT2D eigenvalue weighted by atomic mass is 10.0. The number of hydrazine groups is 1. The second-order valence-electron chi connectivity index (χ2n) is 5.27. The highest BCUT2D eigenvalue weighted by atomic mass is 16.5. The van der Waals surface area contributed by atoms with E-state index in [2.05, 4.69) is 26.3 Å². The molecule has 0 aliphatic carbocycles. The Bertz CT molecular complexity index is 681. The molecule has 0 radical (unpaired) electrons. The Balaban J connectivity index is 1.92. The van der Waals surface area contributed by atoms with Gasteiger partial charge in [-0.05, 0) is 12.5 Å². The first-order valence-electron chi connectivity index (χ1n) is 7.41. The van der Waals surface area contributed by atoms with Crippen LogP contribution in [0.3, 0.4) is 0 Å². The van der Waals surface area contributed by atoms with Crippen LogP contribution in [0.15, 0.2) is 28.8 Å². The van der Waals surface area contributed by atoms with Crippen LogP contribution in [0.1, 0.15) is 29.7 Å². The first kappa shape index (κ1) is 15.4. The molecule has 1 amide bonds. The van der Waals surface area contributed by atoms with Crippen molar-refractivity contribution in [2.45, 2.75) is 25.4 Å². The first-order valence-corrected chi connectivity index (χ1v) is 7.41. The van der Waals surface area contributed by atoms with Crippen LogP contribution in [-0.2, 0) is 4.79 Å². The summed E-state index contributed by atoms with van der Waals surface area (Å²) in [4.78, 5) is 16.7. The fraction of sp³-hybridized carbons (Fsp3) is 0.400. The van der Waals surface area contributed by atoms with Crippen molar-refractivity contribution in [3.05, 3.63) is 41.5 Å². The number of nitrogens with zero attached hydrogens (tertiary/aromatic N) is 2. The maximum absolute atomic E-state index is 12.5. The maximum Gasteiger partial charge on any atom is 0.239 e. The van der Waals surface area contributed by atoms with E-state index < -0.39 is 6.04 Å². The molecule has 1 saturated heterocycles. The van der Waals surface area contributed by atoms with Crippen molar-refractivity contribution in [3.63, 3.8) is 0 Å². The number of ether oxygens (including phenoxy) is 1. The Morgan fingerprint density at radius 2 is 2.30 bits per heavy atom. The summed E-state index contributed by atoms with van der Waals surface area (Å²) in [6.07, 6.45) is 0.718. The molecular formula is C15H19N5O3. The van der Waals surface area contributed by atoms with Crippen LogP contribution in [-0.4, -0.2) is 35.7 Å². The summed E-state index contributed by atoms with van der Waals surface area (Å²) in [5, 5.41) is 6.93. The van der Waals surface area contributed by atoms with Gasteiger partial charge in [0.15, 0.2) is 5.82 Å². The molecule has 8 nitrogen and oxygen atoms in total. The average molecular weight is 317 g/mol. The predicted molar refractivity (Wildman–Crippen MR) is 81.6 cm³/mol. The van der Waals surface area contributed by atoms with Crippen molar-refractivity contribution < 1.29 is 14.1 Å². The van der Waals surface area contributed by atoms with Gasteiger partial charge in [0.1, 0.15) is 17.8 Å². The number of methoxy groups -OCH3 is 1. The number of aromatic nitrogens is 2. The fourth-order valence-corrected chi connectivity index (χ4v) is 2.54. The number of carbonyl (C=O) groups is 1. The van der Waals surface area contributed by atoms with Crippen LogP contribution in [0.2, 0.25) is 0 Å². The lowest BCUT2D eigenvalue weighted by molar-refractivity contribution is -0.123. The Morgan fingerprint density at radius 3 is 2.96 bits per heavy atom. The summed E-state index contributed by atoms with van der Waals surface area (Å²) in [5.41, 5.74) is 6.66. The number of rotatable bonds is 5. The van der Waals surface area contributed by atoms with Gasteiger partial charge in [0.05, 0.1) is 7.11 Å². The molecule has 122 valence electrons. The zero-order chi connectivity index (χ0) is 16.2. The lowest BCUT2D eigenvalue weighted by Crippen LogP contribution is -2.44. The van der Waals surface area contributed by atoms with E-state index in [0.29, 0.717) is 17.5 Å². The third kappa shape index (κ3) is 3.33. The minimum atomic E-state index is -0.543. The highest BCUT2D eigenvalue weighted by molar-refractivity contribution is 5.82. The van der Waals surface area contributed by atoms with Gasteiger partial charge in [-0.1, -0.05) is 23.4 Å². The van der Waals surface area contributed by atoms with Gasteiger partial charge in [-0.3, -0.25) is 10.2 Å². The van der Waals surface area contributed by atoms with Gasteiger partial charge in [-0.2, -0.15) is 4.98 Å². The zero-order valence-electron chi connectivity index (χ0n) is 13.0. The van der Waals surface area contributed by atoms with Crippen molar-refractivity contribution in [2.75, 3.05) is 13.7 Å². The van der Waals surface area contributed by atoms with E-state index in [1.165, 1.54) is 0 Å². The summed E-state index contributed by atoms with van der Waals surface area (Å²) in [7, 11) is 1.58. The molecule has 3 rings (SSSR count). The fourth-order valence-electron chi connectivity index (χ4n) is 2.54. The van der Waals surface area contributed by atoms with Gasteiger partial charge in [0.2, 0.25) is 11.8 Å². The molecule has 1 aromatic heterocycles. The number of hydrogen-bond acceptors (Lipinski definition) is 7. The number of aryl methyl sites for hydroxylation is 1. The summed E-state index contributed by atoms with van der Waals surface area (Å²) in [6.45, 7) is 2.46. The van der Waals surface area contributed by atoms with Crippen LogP contribution < -0.4 is 20.9 Å². The number of carbonyl (C=O) groups excluding carboxylic acids is 1. The summed E-state index contributed by atoms with van der Waals surface area (Å²) >= 11 is 0. The standard InChI is InChI=1S/C15H19N5O3/c1-9-17-14(20-23-9)13(10-5-3-4-6-12(10)22-2)18-15(21)11-7-8-16-19-11/h3-6,11,13,16,19H,7-8H2,1-2H3,(H,18,21). The Labute approximate surface area is 133 Å². The molecular weight excluding hydrogens is 298 g/mol. The van der Waals surface area contributed by atoms with Crippen LogP contribution >= 0.6 is 0 Å². The van der Waals surface area contributed by atoms with Crippen molar-refractivity contribution in [3.8, 4) is 5.75 Å². The monoisotopic (exact) mass is 317 g/mol. The van der Waals surface area contributed by atoms with E-state index in [1.807, 2.05) is 24.3 Å². The second-order valence-corrected chi connectivity index (χ2v) is 5.27. The molecule has 1 aliphatic rings. The van der Waals surface area contributed by atoms with Crippen molar-refractivity contribution >= 4 is 5.91 Å². The molecule has 0 saturated carbocycles. The van der Waals surface area contributed by atoms with Crippen molar-refractivity contribution in [1.29, 1.82) is 0 Å². The zero-order valence-corrected chi connectivity index (χ0v) is 13.0. The van der Waals surface area contributed by atoms with Crippen LogP contribution in [0, 0.1) is 6.92 Å². The van der Waals surface area contributed by atoms with E-state index in [0.717, 1.165) is 18.5 Å². The smallest absolute Gasteiger partial charge is 0.239 e. The quantitative estimate of drug-likeness (QED) is 0.736. The molecule has 0 bridgehead atoms. The number of hydrogen-bond donors (Lipinski definition) is 3. The first-order chi connectivity index (χ1) is 11.2. The highest BCUT2D eigenvalue weighted by Gasteiger charge is 2.29. The summed E-state index contributed by atoms with van der Waals surface area (Å²) in [6, 6.07) is 6.61. The largest absolute Gasteiger partial charge is 0.496 e. The number of benzene rings is 1. The molecule has 1 aliphatic heterocycles. The molecule has 2 aromatic rings. The van der Waals surface area contributed by atoms with Crippen LogP contribution in [0.5, 0.6) is 5.75 Å². The third-order valence-corrected chi connectivity index (χ3v) is 3.69. The van der Waals surface area contributed by atoms with Crippen molar-refractivity contribution in [1.82, 2.24) is 26.3 Å². The minimum Gasteiger partial charge on any atom is -0.496 e. The average Bonchev–Trinajstić information content (AvgIpc) is 3.24. The van der Waals surface area contributed by atoms with E-state index in [-0.39, 0.29) is 11.9 Å². The van der Waals surface area contributed by atoms with Gasteiger partial charge in [-0.25, -0.2) is 5.43 Å². The number of para-hydroxylation sites is 1. The van der Waals surface area contributed by atoms with Crippen LogP contribution in [0.4, 0.5) is 0 Å². The van der Waals surface area contributed by atoms with E-state index in [4.69, 9.17) is 9.26 Å². The number of nitrogens with one attached hydrogen (secondary N) is 3. The molecule has 1 fully saturated rings. The molecule has 0 spiro atoms. The molecule has 2 heterocycles. The normalized spacial score (nSPS) is 18.6. The Kier molecular flexibility index (Phi) is 4.54. The second kappa shape index (κ2) is 6.76. The van der Waals surface area contributed by atoms with E-state index in [1.54, 1.807) is 14.0 Å². The van der Waals surface area contributed by atoms with E-state index >= 15 is 0 Å². The lowest BCUT2D eigenvalue weighted by Gasteiger charge is -2.20. The highest BCUT2D eigenvalue weighted by Crippen LogP contribution is 2.28. The van der Waals surface area contributed by atoms with Crippen LogP contribution in [0.25, 0.3) is 0 Å². The SMILES string of the molecule is COc1ccccc1C(NC(=O)C1CCNN1)c1noc(C)n1.